The van der Waals surface area contributed by atoms with Crippen molar-refractivity contribution in [3.8, 4) is 5.75 Å². The van der Waals surface area contributed by atoms with Crippen LogP contribution < -0.4 is 20.7 Å². The van der Waals surface area contributed by atoms with Gasteiger partial charge in [-0.1, -0.05) is 24.3 Å². The highest BCUT2D eigenvalue weighted by molar-refractivity contribution is 6.07. The first-order valence-electron chi connectivity index (χ1n) is 7.87. The molecule has 3 N–H and O–H groups in total. The quantitative estimate of drug-likeness (QED) is 0.708. The molecule has 2 aromatic carbocycles. The fraction of sp³-hybridized carbons (Fsp3) is 0.158. The Morgan fingerprint density at radius 1 is 1.32 bits per heavy atom. The topological polar surface area (TPSA) is 79.5 Å². The lowest BCUT2D eigenvalue weighted by Gasteiger charge is -2.14. The second kappa shape index (κ2) is 7.09. The Labute approximate surface area is 145 Å². The van der Waals surface area contributed by atoms with Crippen molar-refractivity contribution in [1.82, 2.24) is 5.32 Å². The SMILES string of the molecule is C=CCNc1ccccc1C(=O)NC1C(=O)Nc2cc(OC)ccc21. The van der Waals surface area contributed by atoms with Crippen LogP contribution in [0.15, 0.2) is 55.1 Å². The van der Waals surface area contributed by atoms with Crippen LogP contribution in [0.1, 0.15) is 22.0 Å². The number of ether oxygens (including phenoxy) is 1. The molecule has 2 amide bonds. The average Bonchev–Trinajstić information content (AvgIpc) is 2.94. The molecule has 25 heavy (non-hydrogen) atoms. The molecule has 0 fully saturated rings. The molecule has 0 bridgehead atoms. The minimum Gasteiger partial charge on any atom is -0.497 e. The summed E-state index contributed by atoms with van der Waals surface area (Å²) in [5.41, 5.74) is 2.52. The van der Waals surface area contributed by atoms with Gasteiger partial charge in [0.1, 0.15) is 11.8 Å². The smallest absolute Gasteiger partial charge is 0.254 e. The summed E-state index contributed by atoms with van der Waals surface area (Å²) in [6.45, 7) is 4.19. The van der Waals surface area contributed by atoms with E-state index in [4.69, 9.17) is 4.74 Å². The minimum absolute atomic E-state index is 0.270. The second-order valence-electron chi connectivity index (χ2n) is 5.56. The molecule has 3 rings (SSSR count). The lowest BCUT2D eigenvalue weighted by Crippen LogP contribution is -2.33. The van der Waals surface area contributed by atoms with E-state index in [1.165, 1.54) is 0 Å². The first-order valence-corrected chi connectivity index (χ1v) is 7.87. The summed E-state index contributed by atoms with van der Waals surface area (Å²) >= 11 is 0. The Bertz CT molecular complexity index is 832. The van der Waals surface area contributed by atoms with E-state index in [1.54, 1.807) is 43.5 Å². The third-order valence-electron chi connectivity index (χ3n) is 3.98. The third-order valence-corrected chi connectivity index (χ3v) is 3.98. The molecule has 1 heterocycles. The molecule has 1 atom stereocenters. The van der Waals surface area contributed by atoms with Crippen molar-refractivity contribution in [2.45, 2.75) is 6.04 Å². The highest BCUT2D eigenvalue weighted by Crippen LogP contribution is 2.34. The molecular formula is C19H19N3O3. The number of anilines is 2. The highest BCUT2D eigenvalue weighted by Gasteiger charge is 2.32. The molecule has 0 aromatic heterocycles. The molecule has 128 valence electrons. The molecule has 1 unspecified atom stereocenters. The van der Waals surface area contributed by atoms with E-state index < -0.39 is 6.04 Å². The zero-order valence-corrected chi connectivity index (χ0v) is 13.8. The summed E-state index contributed by atoms with van der Waals surface area (Å²) in [6, 6.07) is 11.7. The van der Waals surface area contributed by atoms with Gasteiger partial charge >= 0.3 is 0 Å². The van der Waals surface area contributed by atoms with Crippen LogP contribution >= 0.6 is 0 Å². The van der Waals surface area contributed by atoms with Gasteiger partial charge in [0.05, 0.1) is 18.4 Å². The van der Waals surface area contributed by atoms with Gasteiger partial charge in [-0.25, -0.2) is 0 Å². The summed E-state index contributed by atoms with van der Waals surface area (Å²) in [5.74, 6) is 0.0501. The largest absolute Gasteiger partial charge is 0.497 e. The van der Waals surface area contributed by atoms with Crippen molar-refractivity contribution >= 4 is 23.2 Å². The number of rotatable bonds is 6. The number of methoxy groups -OCH3 is 1. The number of carbonyl (C=O) groups is 2. The fourth-order valence-corrected chi connectivity index (χ4v) is 2.74. The van der Waals surface area contributed by atoms with Crippen molar-refractivity contribution in [2.75, 3.05) is 24.3 Å². The molecule has 0 spiro atoms. The molecule has 0 saturated carbocycles. The number of hydrogen-bond acceptors (Lipinski definition) is 4. The number of amides is 2. The van der Waals surface area contributed by atoms with Crippen molar-refractivity contribution in [3.05, 3.63) is 66.2 Å². The Hall–Kier alpha value is -3.28. The second-order valence-corrected chi connectivity index (χ2v) is 5.56. The van der Waals surface area contributed by atoms with Gasteiger partial charge in [-0.15, -0.1) is 6.58 Å². The lowest BCUT2D eigenvalue weighted by molar-refractivity contribution is -0.117. The standard InChI is InChI=1S/C19H19N3O3/c1-3-10-20-15-7-5-4-6-14(15)18(23)22-17-13-9-8-12(25-2)11-16(13)21-19(17)24/h3-9,11,17,20H,1,10H2,2H3,(H,21,24)(H,22,23). The lowest BCUT2D eigenvalue weighted by atomic mass is 10.1. The Morgan fingerprint density at radius 2 is 2.12 bits per heavy atom. The zero-order chi connectivity index (χ0) is 17.8. The number of fused-ring (bicyclic) bond motifs is 1. The van der Waals surface area contributed by atoms with Gasteiger partial charge in [0, 0.05) is 23.9 Å². The van der Waals surface area contributed by atoms with Crippen LogP contribution in [0.2, 0.25) is 0 Å². The molecule has 0 radical (unpaired) electrons. The van der Waals surface area contributed by atoms with Crippen LogP contribution in [-0.4, -0.2) is 25.5 Å². The summed E-state index contributed by atoms with van der Waals surface area (Å²) < 4.78 is 5.16. The van der Waals surface area contributed by atoms with Crippen molar-refractivity contribution in [1.29, 1.82) is 0 Å². The normalized spacial score (nSPS) is 15.1. The minimum atomic E-state index is -0.735. The van der Waals surface area contributed by atoms with E-state index in [0.717, 1.165) is 5.56 Å². The van der Waals surface area contributed by atoms with Crippen LogP contribution in [-0.2, 0) is 4.79 Å². The van der Waals surface area contributed by atoms with E-state index in [9.17, 15) is 9.59 Å². The van der Waals surface area contributed by atoms with Gasteiger partial charge in [0.25, 0.3) is 11.8 Å². The van der Waals surface area contributed by atoms with Crippen LogP contribution in [0.5, 0.6) is 5.75 Å². The molecule has 2 aromatic rings. The van der Waals surface area contributed by atoms with Gasteiger partial charge in [0.15, 0.2) is 0 Å². The van der Waals surface area contributed by atoms with E-state index in [1.807, 2.05) is 12.1 Å². The number of carbonyl (C=O) groups excluding carboxylic acids is 2. The van der Waals surface area contributed by atoms with Crippen LogP contribution in [0.3, 0.4) is 0 Å². The van der Waals surface area contributed by atoms with Crippen LogP contribution in [0.25, 0.3) is 0 Å². The molecule has 0 saturated heterocycles. The Kier molecular flexibility index (Phi) is 4.70. The van der Waals surface area contributed by atoms with Gasteiger partial charge in [-0.3, -0.25) is 9.59 Å². The number of nitrogens with one attached hydrogen (secondary N) is 3. The molecule has 6 heteroatoms. The van der Waals surface area contributed by atoms with E-state index in [2.05, 4.69) is 22.5 Å². The van der Waals surface area contributed by atoms with Crippen LogP contribution in [0, 0.1) is 0 Å². The van der Waals surface area contributed by atoms with Crippen LogP contribution in [0.4, 0.5) is 11.4 Å². The molecule has 6 nitrogen and oxygen atoms in total. The van der Waals surface area contributed by atoms with Gasteiger partial charge < -0.3 is 20.7 Å². The first-order chi connectivity index (χ1) is 12.1. The maximum Gasteiger partial charge on any atom is 0.254 e. The third kappa shape index (κ3) is 3.33. The number of para-hydroxylation sites is 1. The predicted octanol–water partition coefficient (Wildman–Crippen LogP) is 2.72. The summed E-state index contributed by atoms with van der Waals surface area (Å²) in [7, 11) is 1.56. The van der Waals surface area contributed by atoms with Crippen molar-refractivity contribution in [2.24, 2.45) is 0 Å². The first kappa shape index (κ1) is 16.6. The van der Waals surface area contributed by atoms with Crippen molar-refractivity contribution in [3.63, 3.8) is 0 Å². The van der Waals surface area contributed by atoms with Gasteiger partial charge in [-0.2, -0.15) is 0 Å². The Morgan fingerprint density at radius 3 is 2.88 bits per heavy atom. The van der Waals surface area contributed by atoms with Crippen molar-refractivity contribution < 1.29 is 14.3 Å². The fourth-order valence-electron chi connectivity index (χ4n) is 2.74. The maximum atomic E-state index is 12.7. The van der Waals surface area contributed by atoms with E-state index >= 15 is 0 Å². The van der Waals surface area contributed by atoms with Gasteiger partial charge in [0.2, 0.25) is 0 Å². The monoisotopic (exact) mass is 337 g/mol. The van der Waals surface area contributed by atoms with E-state index in [-0.39, 0.29) is 11.8 Å². The molecule has 1 aliphatic heterocycles. The summed E-state index contributed by atoms with van der Waals surface area (Å²) in [4.78, 5) is 24.9. The number of benzene rings is 2. The highest BCUT2D eigenvalue weighted by atomic mass is 16.5. The summed E-state index contributed by atoms with van der Waals surface area (Å²) in [6.07, 6.45) is 1.71. The predicted molar refractivity (Wildman–Crippen MR) is 97.0 cm³/mol. The maximum absolute atomic E-state index is 12.7. The molecule has 1 aliphatic rings. The Balaban J connectivity index is 1.83. The molecular weight excluding hydrogens is 318 g/mol. The molecule has 0 aliphatic carbocycles. The zero-order valence-electron chi connectivity index (χ0n) is 13.8. The summed E-state index contributed by atoms with van der Waals surface area (Å²) in [5, 5.41) is 8.68. The average molecular weight is 337 g/mol. The van der Waals surface area contributed by atoms with Gasteiger partial charge in [-0.05, 0) is 18.2 Å². The number of hydrogen-bond donors (Lipinski definition) is 3. The van der Waals surface area contributed by atoms with E-state index in [0.29, 0.717) is 29.2 Å².